The lowest BCUT2D eigenvalue weighted by atomic mass is 10.1. The van der Waals surface area contributed by atoms with Gasteiger partial charge in [0.15, 0.2) is 0 Å². The number of benzene rings is 1. The van der Waals surface area contributed by atoms with Crippen LogP contribution in [-0.2, 0) is 4.74 Å². The third kappa shape index (κ3) is 5.65. The Bertz CT molecular complexity index is 325. The zero-order chi connectivity index (χ0) is 13.2. The summed E-state index contributed by atoms with van der Waals surface area (Å²) >= 11 is 0. The average Bonchev–Trinajstić information content (AvgIpc) is 2.38. The SMILES string of the molecule is CCCCCOC(CNCC)c1cccc(C)c1. The maximum absolute atomic E-state index is 6.02. The summed E-state index contributed by atoms with van der Waals surface area (Å²) in [4.78, 5) is 0. The molecule has 0 radical (unpaired) electrons. The van der Waals surface area contributed by atoms with Gasteiger partial charge < -0.3 is 10.1 Å². The molecule has 0 heterocycles. The second-order valence-electron chi connectivity index (χ2n) is 4.79. The molecule has 1 unspecified atom stereocenters. The molecule has 0 fully saturated rings. The van der Waals surface area contributed by atoms with E-state index in [2.05, 4.69) is 50.4 Å². The fourth-order valence-electron chi connectivity index (χ4n) is 2.00. The van der Waals surface area contributed by atoms with Crippen molar-refractivity contribution in [3.63, 3.8) is 0 Å². The van der Waals surface area contributed by atoms with Gasteiger partial charge in [-0.3, -0.25) is 0 Å². The molecule has 2 heteroatoms. The number of likely N-dealkylation sites (N-methyl/N-ethyl adjacent to an activating group) is 1. The first-order valence-electron chi connectivity index (χ1n) is 7.16. The van der Waals surface area contributed by atoms with Crippen LogP contribution in [-0.4, -0.2) is 19.7 Å². The molecule has 102 valence electrons. The summed E-state index contributed by atoms with van der Waals surface area (Å²) < 4.78 is 6.02. The molecule has 1 aromatic carbocycles. The van der Waals surface area contributed by atoms with E-state index in [1.807, 2.05) is 0 Å². The van der Waals surface area contributed by atoms with Crippen LogP contribution >= 0.6 is 0 Å². The summed E-state index contributed by atoms with van der Waals surface area (Å²) in [5, 5.41) is 3.38. The van der Waals surface area contributed by atoms with Crippen molar-refractivity contribution in [2.24, 2.45) is 0 Å². The van der Waals surface area contributed by atoms with Gasteiger partial charge in [0.25, 0.3) is 0 Å². The Balaban J connectivity index is 2.54. The van der Waals surface area contributed by atoms with Gasteiger partial charge in [0, 0.05) is 13.2 Å². The molecule has 0 bridgehead atoms. The van der Waals surface area contributed by atoms with E-state index in [-0.39, 0.29) is 6.10 Å². The van der Waals surface area contributed by atoms with E-state index in [9.17, 15) is 0 Å². The van der Waals surface area contributed by atoms with Gasteiger partial charge in [-0.15, -0.1) is 0 Å². The molecule has 1 rings (SSSR count). The highest BCUT2D eigenvalue weighted by Gasteiger charge is 2.11. The highest BCUT2D eigenvalue weighted by Crippen LogP contribution is 2.18. The molecule has 1 N–H and O–H groups in total. The zero-order valence-corrected chi connectivity index (χ0v) is 12.0. The van der Waals surface area contributed by atoms with Crippen molar-refractivity contribution in [1.82, 2.24) is 5.32 Å². The van der Waals surface area contributed by atoms with Crippen LogP contribution in [0.1, 0.15) is 50.3 Å². The van der Waals surface area contributed by atoms with Crippen LogP contribution < -0.4 is 5.32 Å². The fourth-order valence-corrected chi connectivity index (χ4v) is 2.00. The maximum Gasteiger partial charge on any atom is 0.0949 e. The summed E-state index contributed by atoms with van der Waals surface area (Å²) in [5.74, 6) is 0. The lowest BCUT2D eigenvalue weighted by Crippen LogP contribution is -2.23. The molecule has 2 nitrogen and oxygen atoms in total. The molecule has 0 saturated heterocycles. The first kappa shape index (κ1) is 15.2. The van der Waals surface area contributed by atoms with Crippen molar-refractivity contribution in [3.8, 4) is 0 Å². The molecule has 0 amide bonds. The van der Waals surface area contributed by atoms with E-state index in [0.717, 1.165) is 26.1 Å². The van der Waals surface area contributed by atoms with Gasteiger partial charge in [-0.25, -0.2) is 0 Å². The minimum atomic E-state index is 0.182. The van der Waals surface area contributed by atoms with E-state index in [4.69, 9.17) is 4.74 Å². The van der Waals surface area contributed by atoms with Crippen molar-refractivity contribution in [3.05, 3.63) is 35.4 Å². The average molecular weight is 249 g/mol. The summed E-state index contributed by atoms with van der Waals surface area (Å²) in [6, 6.07) is 8.63. The monoisotopic (exact) mass is 249 g/mol. The van der Waals surface area contributed by atoms with Crippen LogP contribution in [0.4, 0.5) is 0 Å². The topological polar surface area (TPSA) is 21.3 Å². The largest absolute Gasteiger partial charge is 0.372 e. The predicted molar refractivity (Wildman–Crippen MR) is 77.9 cm³/mol. The predicted octanol–water partition coefficient (Wildman–Crippen LogP) is 3.85. The third-order valence-corrected chi connectivity index (χ3v) is 3.06. The van der Waals surface area contributed by atoms with Gasteiger partial charge >= 0.3 is 0 Å². The van der Waals surface area contributed by atoms with Crippen LogP contribution in [0.5, 0.6) is 0 Å². The molecule has 0 aromatic heterocycles. The molecule has 0 saturated carbocycles. The minimum Gasteiger partial charge on any atom is -0.372 e. The number of ether oxygens (including phenoxy) is 1. The molecular weight excluding hydrogens is 222 g/mol. The normalized spacial score (nSPS) is 12.6. The Kier molecular flexibility index (Phi) is 7.70. The van der Waals surface area contributed by atoms with E-state index in [0.29, 0.717) is 0 Å². The van der Waals surface area contributed by atoms with Crippen molar-refractivity contribution < 1.29 is 4.74 Å². The fraction of sp³-hybridized carbons (Fsp3) is 0.625. The Labute approximate surface area is 112 Å². The van der Waals surface area contributed by atoms with Crippen LogP contribution in [0.3, 0.4) is 0 Å². The Morgan fingerprint density at radius 2 is 2.06 bits per heavy atom. The third-order valence-electron chi connectivity index (χ3n) is 3.06. The van der Waals surface area contributed by atoms with E-state index >= 15 is 0 Å². The Hall–Kier alpha value is -0.860. The van der Waals surface area contributed by atoms with Crippen molar-refractivity contribution >= 4 is 0 Å². The number of unbranched alkanes of at least 4 members (excludes halogenated alkanes) is 2. The molecule has 18 heavy (non-hydrogen) atoms. The van der Waals surface area contributed by atoms with Gasteiger partial charge in [0.2, 0.25) is 0 Å². The molecule has 0 aliphatic rings. The molecule has 1 atom stereocenters. The molecule has 0 aliphatic heterocycles. The summed E-state index contributed by atoms with van der Waals surface area (Å²) in [6.45, 7) is 9.22. The quantitative estimate of drug-likeness (QED) is 0.671. The summed E-state index contributed by atoms with van der Waals surface area (Å²) in [5.41, 5.74) is 2.58. The highest BCUT2D eigenvalue weighted by atomic mass is 16.5. The second-order valence-corrected chi connectivity index (χ2v) is 4.79. The number of rotatable bonds is 9. The van der Waals surface area contributed by atoms with Crippen molar-refractivity contribution in [2.45, 2.75) is 46.1 Å². The minimum absolute atomic E-state index is 0.182. The van der Waals surface area contributed by atoms with Crippen LogP contribution in [0.15, 0.2) is 24.3 Å². The maximum atomic E-state index is 6.02. The van der Waals surface area contributed by atoms with Crippen molar-refractivity contribution in [2.75, 3.05) is 19.7 Å². The molecular formula is C16H27NO. The van der Waals surface area contributed by atoms with Crippen LogP contribution in [0.25, 0.3) is 0 Å². The van der Waals surface area contributed by atoms with Crippen molar-refractivity contribution in [1.29, 1.82) is 0 Å². The van der Waals surface area contributed by atoms with Crippen LogP contribution in [0, 0.1) is 6.92 Å². The van der Waals surface area contributed by atoms with E-state index < -0.39 is 0 Å². The number of hydrogen-bond acceptors (Lipinski definition) is 2. The lowest BCUT2D eigenvalue weighted by Gasteiger charge is -2.19. The smallest absolute Gasteiger partial charge is 0.0949 e. The van der Waals surface area contributed by atoms with Gasteiger partial charge in [-0.2, -0.15) is 0 Å². The van der Waals surface area contributed by atoms with Gasteiger partial charge in [0.05, 0.1) is 6.10 Å². The number of aryl methyl sites for hydroxylation is 1. The summed E-state index contributed by atoms with van der Waals surface area (Å²) in [7, 11) is 0. The summed E-state index contributed by atoms with van der Waals surface area (Å²) in [6.07, 6.45) is 3.83. The first-order chi connectivity index (χ1) is 8.77. The molecule has 0 aliphatic carbocycles. The molecule has 0 spiro atoms. The zero-order valence-electron chi connectivity index (χ0n) is 12.0. The first-order valence-corrected chi connectivity index (χ1v) is 7.16. The number of nitrogens with one attached hydrogen (secondary N) is 1. The highest BCUT2D eigenvalue weighted by molar-refractivity contribution is 5.24. The van der Waals surface area contributed by atoms with Gasteiger partial charge in [0.1, 0.15) is 0 Å². The van der Waals surface area contributed by atoms with Gasteiger partial charge in [-0.1, -0.05) is 56.5 Å². The van der Waals surface area contributed by atoms with E-state index in [1.165, 1.54) is 24.0 Å². The van der Waals surface area contributed by atoms with Gasteiger partial charge in [-0.05, 0) is 25.5 Å². The Morgan fingerprint density at radius 3 is 2.72 bits per heavy atom. The molecule has 1 aromatic rings. The standard InChI is InChI=1S/C16H27NO/c1-4-6-7-11-18-16(13-17-5-2)15-10-8-9-14(3)12-15/h8-10,12,16-17H,4-7,11,13H2,1-3H3. The Morgan fingerprint density at radius 1 is 1.22 bits per heavy atom. The number of hydrogen-bond donors (Lipinski definition) is 1. The lowest BCUT2D eigenvalue weighted by molar-refractivity contribution is 0.0503. The second kappa shape index (κ2) is 9.12. The van der Waals surface area contributed by atoms with E-state index in [1.54, 1.807) is 0 Å². The van der Waals surface area contributed by atoms with Crippen LogP contribution in [0.2, 0.25) is 0 Å².